The molecule has 0 fully saturated rings. The van der Waals surface area contributed by atoms with Crippen LogP contribution in [-0.2, 0) is 9.53 Å². The van der Waals surface area contributed by atoms with E-state index in [-0.39, 0.29) is 12.4 Å². The number of rotatable bonds is 5. The molecule has 8 heteroatoms. The normalized spacial score (nSPS) is 10.5. The molecule has 6 nitrogen and oxygen atoms in total. The Labute approximate surface area is 146 Å². The van der Waals surface area contributed by atoms with Crippen LogP contribution < -0.4 is 10.1 Å². The van der Waals surface area contributed by atoms with Crippen LogP contribution in [0.25, 0.3) is 10.2 Å². The second kappa shape index (κ2) is 7.27. The molecular formula is C17H13FN2O4S. The van der Waals surface area contributed by atoms with Gasteiger partial charge < -0.3 is 9.47 Å². The van der Waals surface area contributed by atoms with Crippen molar-refractivity contribution in [1.29, 1.82) is 0 Å². The number of fused-ring (bicyclic) bond motifs is 1. The lowest BCUT2D eigenvalue weighted by molar-refractivity contribution is -0.118. The number of aromatic nitrogens is 1. The molecule has 0 spiro atoms. The number of thiazole rings is 1. The maximum Gasteiger partial charge on any atom is 0.337 e. The lowest BCUT2D eigenvalue weighted by atomic mass is 10.2. The lowest BCUT2D eigenvalue weighted by Crippen LogP contribution is -2.20. The van der Waals surface area contributed by atoms with E-state index < -0.39 is 17.7 Å². The Morgan fingerprint density at radius 1 is 1.24 bits per heavy atom. The standard InChI is InChI=1S/C17H13FN2O4S/c1-23-16(22)10-6-7-12-14(8-10)25-17(19-12)20-15(21)9-24-13-5-3-2-4-11(13)18/h2-8H,9H2,1H3,(H,19,20,21). The molecule has 1 heterocycles. The van der Waals surface area contributed by atoms with E-state index in [1.807, 2.05) is 0 Å². The fourth-order valence-electron chi connectivity index (χ4n) is 2.08. The van der Waals surface area contributed by atoms with E-state index in [0.717, 1.165) is 4.70 Å². The number of hydrogen-bond donors (Lipinski definition) is 1. The summed E-state index contributed by atoms with van der Waals surface area (Å²) >= 11 is 1.21. The Balaban J connectivity index is 1.67. The monoisotopic (exact) mass is 360 g/mol. The molecule has 0 radical (unpaired) electrons. The number of nitrogens with one attached hydrogen (secondary N) is 1. The molecule has 3 aromatic rings. The van der Waals surface area contributed by atoms with Crippen molar-refractivity contribution in [3.05, 3.63) is 53.8 Å². The maximum atomic E-state index is 13.4. The van der Waals surface area contributed by atoms with Gasteiger partial charge in [0.2, 0.25) is 0 Å². The highest BCUT2D eigenvalue weighted by Crippen LogP contribution is 2.27. The highest BCUT2D eigenvalue weighted by atomic mass is 32.1. The third-order valence-electron chi connectivity index (χ3n) is 3.25. The average Bonchev–Trinajstić information content (AvgIpc) is 3.01. The Morgan fingerprint density at radius 3 is 2.80 bits per heavy atom. The molecule has 1 aromatic heterocycles. The zero-order chi connectivity index (χ0) is 17.8. The van der Waals surface area contributed by atoms with Crippen molar-refractivity contribution < 1.29 is 23.5 Å². The second-order valence-corrected chi connectivity index (χ2v) is 5.99. The van der Waals surface area contributed by atoms with Crippen LogP contribution in [0.5, 0.6) is 5.75 Å². The molecule has 128 valence electrons. The number of ether oxygens (including phenoxy) is 2. The predicted molar refractivity (Wildman–Crippen MR) is 91.5 cm³/mol. The van der Waals surface area contributed by atoms with E-state index in [1.54, 1.807) is 24.3 Å². The Hall–Kier alpha value is -3.00. The fraction of sp³-hybridized carbons (Fsp3) is 0.118. The third-order valence-corrected chi connectivity index (χ3v) is 4.18. The number of methoxy groups -OCH3 is 1. The summed E-state index contributed by atoms with van der Waals surface area (Å²) in [5.41, 5.74) is 1.04. The Bertz CT molecular complexity index is 941. The molecule has 0 aliphatic heterocycles. The number of carbonyl (C=O) groups is 2. The van der Waals surface area contributed by atoms with Crippen LogP contribution in [0.4, 0.5) is 9.52 Å². The molecule has 0 saturated heterocycles. The maximum absolute atomic E-state index is 13.4. The summed E-state index contributed by atoms with van der Waals surface area (Å²) in [5, 5.41) is 2.95. The van der Waals surface area contributed by atoms with Gasteiger partial charge in [0, 0.05) is 0 Å². The molecular weight excluding hydrogens is 347 g/mol. The number of amides is 1. The van der Waals surface area contributed by atoms with E-state index >= 15 is 0 Å². The minimum absolute atomic E-state index is 0.00432. The van der Waals surface area contributed by atoms with Gasteiger partial charge in [-0.05, 0) is 30.3 Å². The van der Waals surface area contributed by atoms with Gasteiger partial charge in [0.1, 0.15) is 0 Å². The van der Waals surface area contributed by atoms with E-state index in [9.17, 15) is 14.0 Å². The van der Waals surface area contributed by atoms with Crippen molar-refractivity contribution in [2.24, 2.45) is 0 Å². The molecule has 0 atom stereocenters. The van der Waals surface area contributed by atoms with Gasteiger partial charge in [-0.2, -0.15) is 0 Å². The third kappa shape index (κ3) is 3.92. The van der Waals surface area contributed by atoms with Crippen LogP contribution >= 0.6 is 11.3 Å². The molecule has 0 bridgehead atoms. The summed E-state index contributed by atoms with van der Waals surface area (Å²) in [4.78, 5) is 27.7. The van der Waals surface area contributed by atoms with Gasteiger partial charge in [0.25, 0.3) is 5.91 Å². The quantitative estimate of drug-likeness (QED) is 0.707. The fourth-order valence-corrected chi connectivity index (χ4v) is 3.00. The molecule has 1 N–H and O–H groups in total. The van der Waals surface area contributed by atoms with Gasteiger partial charge in [-0.25, -0.2) is 14.2 Å². The zero-order valence-electron chi connectivity index (χ0n) is 13.1. The number of para-hydroxylation sites is 1. The van der Waals surface area contributed by atoms with Gasteiger partial charge in [-0.3, -0.25) is 10.1 Å². The first-order chi connectivity index (χ1) is 12.1. The van der Waals surface area contributed by atoms with Crippen LogP contribution in [0.1, 0.15) is 10.4 Å². The molecule has 3 rings (SSSR count). The van der Waals surface area contributed by atoms with Crippen molar-refractivity contribution in [2.45, 2.75) is 0 Å². The Kier molecular flexibility index (Phi) is 4.90. The summed E-state index contributed by atoms with van der Waals surface area (Å²) in [6, 6.07) is 10.7. The van der Waals surface area contributed by atoms with Crippen LogP contribution in [0.3, 0.4) is 0 Å². The summed E-state index contributed by atoms with van der Waals surface area (Å²) in [5.74, 6) is -1.44. The number of nitrogens with zero attached hydrogens (tertiary/aromatic N) is 1. The lowest BCUT2D eigenvalue weighted by Gasteiger charge is -2.06. The highest BCUT2D eigenvalue weighted by molar-refractivity contribution is 7.22. The largest absolute Gasteiger partial charge is 0.481 e. The number of carbonyl (C=O) groups excluding carboxylic acids is 2. The molecule has 0 unspecified atom stereocenters. The molecule has 0 aliphatic rings. The topological polar surface area (TPSA) is 77.5 Å². The highest BCUT2D eigenvalue weighted by Gasteiger charge is 2.12. The summed E-state index contributed by atoms with van der Waals surface area (Å²) < 4.78 is 24.0. The van der Waals surface area contributed by atoms with Crippen LogP contribution in [-0.4, -0.2) is 30.6 Å². The first kappa shape index (κ1) is 16.8. The number of esters is 1. The van der Waals surface area contributed by atoms with E-state index in [4.69, 9.17) is 4.74 Å². The number of anilines is 1. The van der Waals surface area contributed by atoms with Crippen molar-refractivity contribution in [2.75, 3.05) is 19.0 Å². The van der Waals surface area contributed by atoms with Gasteiger partial charge in [0.05, 0.1) is 22.9 Å². The molecule has 1 amide bonds. The summed E-state index contributed by atoms with van der Waals surface area (Å²) in [7, 11) is 1.31. The van der Waals surface area contributed by atoms with Gasteiger partial charge in [-0.15, -0.1) is 0 Å². The number of benzene rings is 2. The van der Waals surface area contributed by atoms with Crippen LogP contribution in [0.15, 0.2) is 42.5 Å². The van der Waals surface area contributed by atoms with E-state index in [0.29, 0.717) is 16.2 Å². The molecule has 0 aliphatic carbocycles. The predicted octanol–water partition coefficient (Wildman–Crippen LogP) is 3.24. The minimum atomic E-state index is -0.536. The summed E-state index contributed by atoms with van der Waals surface area (Å²) in [6.45, 7) is -0.343. The van der Waals surface area contributed by atoms with Gasteiger partial charge >= 0.3 is 5.97 Å². The van der Waals surface area contributed by atoms with E-state index in [2.05, 4.69) is 15.0 Å². The van der Waals surface area contributed by atoms with Crippen molar-refractivity contribution in [1.82, 2.24) is 4.98 Å². The first-order valence-electron chi connectivity index (χ1n) is 7.23. The van der Waals surface area contributed by atoms with Crippen LogP contribution in [0, 0.1) is 5.82 Å². The summed E-state index contributed by atoms with van der Waals surface area (Å²) in [6.07, 6.45) is 0. The Morgan fingerprint density at radius 2 is 2.04 bits per heavy atom. The van der Waals surface area contributed by atoms with Crippen molar-refractivity contribution >= 4 is 38.6 Å². The van der Waals surface area contributed by atoms with Gasteiger partial charge in [-0.1, -0.05) is 23.5 Å². The molecule has 0 saturated carbocycles. The number of halogens is 1. The van der Waals surface area contributed by atoms with Crippen LogP contribution in [0.2, 0.25) is 0 Å². The smallest absolute Gasteiger partial charge is 0.337 e. The molecule has 2 aromatic carbocycles. The van der Waals surface area contributed by atoms with Gasteiger partial charge in [0.15, 0.2) is 23.3 Å². The number of hydrogen-bond acceptors (Lipinski definition) is 6. The average molecular weight is 360 g/mol. The van der Waals surface area contributed by atoms with Crippen molar-refractivity contribution in [3.8, 4) is 5.75 Å². The minimum Gasteiger partial charge on any atom is -0.481 e. The van der Waals surface area contributed by atoms with E-state index in [1.165, 1.54) is 36.6 Å². The molecule has 25 heavy (non-hydrogen) atoms. The SMILES string of the molecule is COC(=O)c1ccc2nc(NC(=O)COc3ccccc3F)sc2c1. The second-order valence-electron chi connectivity index (χ2n) is 4.96. The van der Waals surface area contributed by atoms with Crippen molar-refractivity contribution in [3.63, 3.8) is 0 Å². The first-order valence-corrected chi connectivity index (χ1v) is 8.04. The zero-order valence-corrected chi connectivity index (χ0v) is 13.9.